The molecule has 0 saturated heterocycles. The molecule has 1 aromatic carbocycles. The van der Waals surface area contributed by atoms with E-state index in [4.69, 9.17) is 21.4 Å². The number of halogens is 3. The molecule has 0 unspecified atom stereocenters. The summed E-state index contributed by atoms with van der Waals surface area (Å²) in [5.41, 5.74) is 2.44. The number of hydrogen-bond acceptors (Lipinski definition) is 5. The number of benzene rings is 1. The van der Waals surface area contributed by atoms with Crippen LogP contribution in [0.2, 0.25) is 5.02 Å². The first-order valence-electron chi connectivity index (χ1n) is 9.72. The molecule has 0 fully saturated rings. The van der Waals surface area contributed by atoms with Crippen LogP contribution in [0.1, 0.15) is 33.6 Å². The standard InChI is InChI=1S/C21H22ClF2N3O4/c22-16-8-13(2-3-18(16)31-12-19(23)24)10-27-11-15-14(21(27)30)4-6-25-17(15)9-20(29)26-5-1-7-28/h2-4,6,8,19,28H,1,5,7,9-12H2,(H,26,29). The molecule has 1 aliphatic rings. The minimum absolute atomic E-state index is 0.00787. The SMILES string of the molecule is O=C(Cc1nccc2c1CN(Cc1ccc(OCC(F)F)c(Cl)c1)C2=O)NCCCO. The first-order chi connectivity index (χ1) is 14.9. The van der Waals surface area contributed by atoms with Crippen LogP contribution in [0, 0.1) is 0 Å². The Morgan fingerprint density at radius 3 is 2.87 bits per heavy atom. The van der Waals surface area contributed by atoms with E-state index in [0.29, 0.717) is 41.9 Å². The minimum atomic E-state index is -2.60. The number of aliphatic hydroxyl groups excluding tert-OH is 1. The van der Waals surface area contributed by atoms with Crippen LogP contribution in [0.5, 0.6) is 5.75 Å². The van der Waals surface area contributed by atoms with Crippen LogP contribution in [0.3, 0.4) is 0 Å². The van der Waals surface area contributed by atoms with E-state index < -0.39 is 13.0 Å². The number of aliphatic hydroxyl groups is 1. The van der Waals surface area contributed by atoms with Crippen LogP contribution in [-0.4, -0.2) is 53.0 Å². The summed E-state index contributed by atoms with van der Waals surface area (Å²) in [6.45, 7) is 0.161. The number of hydrogen-bond donors (Lipinski definition) is 2. The number of nitrogens with zero attached hydrogens (tertiary/aromatic N) is 2. The summed E-state index contributed by atoms with van der Waals surface area (Å²) < 4.78 is 29.6. The van der Waals surface area contributed by atoms with Crippen LogP contribution in [0.4, 0.5) is 8.78 Å². The molecular formula is C21H22ClF2N3O4. The summed E-state index contributed by atoms with van der Waals surface area (Å²) >= 11 is 6.12. The number of alkyl halides is 2. The second-order valence-corrected chi connectivity index (χ2v) is 7.42. The zero-order valence-corrected chi connectivity index (χ0v) is 17.4. The van der Waals surface area contributed by atoms with Crippen molar-refractivity contribution in [2.24, 2.45) is 0 Å². The number of nitrogens with one attached hydrogen (secondary N) is 1. The van der Waals surface area contributed by atoms with Gasteiger partial charge >= 0.3 is 0 Å². The van der Waals surface area contributed by atoms with Crippen LogP contribution in [-0.2, 0) is 24.3 Å². The molecule has 2 aromatic rings. The lowest BCUT2D eigenvalue weighted by Crippen LogP contribution is -2.27. The predicted molar refractivity (Wildman–Crippen MR) is 109 cm³/mol. The molecule has 0 bridgehead atoms. The smallest absolute Gasteiger partial charge is 0.272 e. The summed E-state index contributed by atoms with van der Waals surface area (Å²) in [6, 6.07) is 6.36. The number of pyridine rings is 1. The Bertz CT molecular complexity index is 958. The van der Waals surface area contributed by atoms with Gasteiger partial charge in [0.15, 0.2) is 0 Å². The summed E-state index contributed by atoms with van der Waals surface area (Å²) in [7, 11) is 0. The van der Waals surface area contributed by atoms with Crippen molar-refractivity contribution in [3.63, 3.8) is 0 Å². The fraction of sp³-hybridized carbons (Fsp3) is 0.381. The number of carbonyl (C=O) groups is 2. The van der Waals surface area contributed by atoms with Gasteiger partial charge in [-0.15, -0.1) is 0 Å². The molecule has 0 atom stereocenters. The van der Waals surface area contributed by atoms with Crippen molar-refractivity contribution in [2.45, 2.75) is 32.4 Å². The molecule has 0 saturated carbocycles. The van der Waals surface area contributed by atoms with Gasteiger partial charge in [0, 0.05) is 43.6 Å². The lowest BCUT2D eigenvalue weighted by molar-refractivity contribution is -0.120. The molecule has 2 amide bonds. The maximum Gasteiger partial charge on any atom is 0.272 e. The molecule has 166 valence electrons. The predicted octanol–water partition coefficient (Wildman–Crippen LogP) is 2.58. The number of ether oxygens (including phenoxy) is 1. The Morgan fingerprint density at radius 2 is 2.16 bits per heavy atom. The van der Waals surface area contributed by atoms with E-state index in [2.05, 4.69) is 10.3 Å². The second kappa shape index (κ2) is 10.5. The first kappa shape index (κ1) is 22.9. The number of aromatic nitrogens is 1. The third-order valence-corrected chi connectivity index (χ3v) is 5.03. The molecule has 2 heterocycles. The van der Waals surface area contributed by atoms with Crippen LogP contribution in [0.15, 0.2) is 30.5 Å². The van der Waals surface area contributed by atoms with E-state index in [9.17, 15) is 18.4 Å². The molecular weight excluding hydrogens is 432 g/mol. The largest absolute Gasteiger partial charge is 0.486 e. The fourth-order valence-corrected chi connectivity index (χ4v) is 3.54. The number of carbonyl (C=O) groups excluding carboxylic acids is 2. The third kappa shape index (κ3) is 5.89. The summed E-state index contributed by atoms with van der Waals surface area (Å²) in [5, 5.41) is 11.7. The highest BCUT2D eigenvalue weighted by molar-refractivity contribution is 6.32. The Morgan fingerprint density at radius 1 is 1.35 bits per heavy atom. The Balaban J connectivity index is 1.67. The quantitative estimate of drug-likeness (QED) is 0.539. The molecule has 7 nitrogen and oxygen atoms in total. The topological polar surface area (TPSA) is 91.8 Å². The normalized spacial score (nSPS) is 12.9. The van der Waals surface area contributed by atoms with E-state index >= 15 is 0 Å². The average molecular weight is 454 g/mol. The molecule has 1 aromatic heterocycles. The van der Waals surface area contributed by atoms with Crippen molar-refractivity contribution in [3.05, 3.63) is 57.9 Å². The minimum Gasteiger partial charge on any atom is -0.486 e. The van der Waals surface area contributed by atoms with E-state index in [-0.39, 0.29) is 42.2 Å². The third-order valence-electron chi connectivity index (χ3n) is 4.73. The summed E-state index contributed by atoms with van der Waals surface area (Å²) in [5.74, 6) is -0.264. The Hall–Kier alpha value is -2.78. The molecule has 31 heavy (non-hydrogen) atoms. The van der Waals surface area contributed by atoms with E-state index in [1.165, 1.54) is 12.3 Å². The van der Waals surface area contributed by atoms with Crippen molar-refractivity contribution in [1.82, 2.24) is 15.2 Å². The Labute approximate surface area is 183 Å². The van der Waals surface area contributed by atoms with Gasteiger partial charge in [0.1, 0.15) is 12.4 Å². The van der Waals surface area contributed by atoms with Gasteiger partial charge in [-0.1, -0.05) is 17.7 Å². The highest BCUT2D eigenvalue weighted by Gasteiger charge is 2.30. The van der Waals surface area contributed by atoms with E-state index in [1.807, 2.05) is 0 Å². The second-order valence-electron chi connectivity index (χ2n) is 7.02. The van der Waals surface area contributed by atoms with Crippen LogP contribution < -0.4 is 10.1 Å². The average Bonchev–Trinajstić information content (AvgIpc) is 3.04. The van der Waals surface area contributed by atoms with Gasteiger partial charge in [0.05, 0.1) is 17.1 Å². The van der Waals surface area contributed by atoms with Gasteiger partial charge < -0.3 is 20.1 Å². The van der Waals surface area contributed by atoms with Gasteiger partial charge in [-0.3, -0.25) is 14.6 Å². The van der Waals surface area contributed by atoms with Crippen molar-refractivity contribution < 1.29 is 28.2 Å². The number of amides is 2. The lowest BCUT2D eigenvalue weighted by Gasteiger charge is -2.17. The first-order valence-corrected chi connectivity index (χ1v) is 10.1. The Kier molecular flexibility index (Phi) is 7.75. The number of rotatable bonds is 10. The molecule has 3 rings (SSSR count). The maximum atomic E-state index is 12.8. The van der Waals surface area contributed by atoms with E-state index in [0.717, 1.165) is 0 Å². The van der Waals surface area contributed by atoms with Crippen molar-refractivity contribution in [2.75, 3.05) is 19.8 Å². The van der Waals surface area contributed by atoms with Gasteiger partial charge in [-0.2, -0.15) is 0 Å². The molecule has 10 heteroatoms. The van der Waals surface area contributed by atoms with Gasteiger partial charge in [-0.25, -0.2) is 8.78 Å². The fourth-order valence-electron chi connectivity index (χ4n) is 3.28. The molecule has 2 N–H and O–H groups in total. The van der Waals surface area contributed by atoms with Crippen molar-refractivity contribution in [3.8, 4) is 5.75 Å². The maximum absolute atomic E-state index is 12.8. The zero-order valence-electron chi connectivity index (χ0n) is 16.6. The molecule has 0 radical (unpaired) electrons. The van der Waals surface area contributed by atoms with Crippen LogP contribution in [0.25, 0.3) is 0 Å². The molecule has 1 aliphatic heterocycles. The van der Waals surface area contributed by atoms with Gasteiger partial charge in [0.2, 0.25) is 5.91 Å². The van der Waals surface area contributed by atoms with Crippen molar-refractivity contribution in [1.29, 1.82) is 0 Å². The van der Waals surface area contributed by atoms with E-state index in [1.54, 1.807) is 23.1 Å². The highest BCUT2D eigenvalue weighted by Crippen LogP contribution is 2.30. The zero-order chi connectivity index (χ0) is 22.4. The van der Waals surface area contributed by atoms with Gasteiger partial charge in [-0.05, 0) is 30.2 Å². The van der Waals surface area contributed by atoms with Crippen molar-refractivity contribution >= 4 is 23.4 Å². The summed E-state index contributed by atoms with van der Waals surface area (Å²) in [4.78, 5) is 30.8. The monoisotopic (exact) mass is 453 g/mol. The molecule has 0 spiro atoms. The summed E-state index contributed by atoms with van der Waals surface area (Å²) in [6.07, 6.45) is -0.594. The molecule has 0 aliphatic carbocycles. The van der Waals surface area contributed by atoms with Gasteiger partial charge in [0.25, 0.3) is 12.3 Å². The lowest BCUT2D eigenvalue weighted by atomic mass is 10.1. The highest BCUT2D eigenvalue weighted by atomic mass is 35.5. The van der Waals surface area contributed by atoms with Crippen LogP contribution >= 0.6 is 11.6 Å². The number of fused-ring (bicyclic) bond motifs is 1.